The van der Waals surface area contributed by atoms with Gasteiger partial charge in [-0.3, -0.25) is 4.79 Å². The van der Waals surface area contributed by atoms with E-state index in [4.69, 9.17) is 15.5 Å². The molecule has 3 N–H and O–H groups in total. The van der Waals surface area contributed by atoms with Gasteiger partial charge in [-0.2, -0.15) is 0 Å². The van der Waals surface area contributed by atoms with E-state index in [1.54, 1.807) is 11.8 Å². The van der Waals surface area contributed by atoms with Crippen LogP contribution in [-0.4, -0.2) is 29.0 Å². The average Bonchev–Trinajstić information content (AvgIpc) is 3.04. The number of amidine groups is 1. The van der Waals surface area contributed by atoms with Crippen LogP contribution in [0.4, 0.5) is 0 Å². The van der Waals surface area contributed by atoms with Gasteiger partial charge in [0.05, 0.1) is 0 Å². The molecule has 1 spiro atoms. The maximum Gasteiger partial charge on any atom is 0.225 e. The average molecular weight is 402 g/mol. The van der Waals surface area contributed by atoms with E-state index in [0.717, 1.165) is 37.2 Å². The van der Waals surface area contributed by atoms with E-state index in [-0.39, 0.29) is 34.9 Å². The largest absolute Gasteiger partial charge is 0.490 e. The number of hydrogen-bond donors (Lipinski definition) is 2. The number of thioether (sulfide) groups is 1. The second kappa shape index (κ2) is 6.97. The molecule has 6 heteroatoms. The third-order valence-electron chi connectivity index (χ3n) is 6.36. The highest BCUT2D eigenvalue weighted by Gasteiger charge is 2.54. The third kappa shape index (κ3) is 3.30. The Balaban J connectivity index is 1.68. The van der Waals surface area contributed by atoms with Gasteiger partial charge in [-0.25, -0.2) is 4.99 Å². The van der Waals surface area contributed by atoms with Crippen molar-refractivity contribution in [2.45, 2.75) is 71.1 Å². The first-order valence-corrected chi connectivity index (χ1v) is 11.3. The number of carbonyl (C=O) groups is 1. The van der Waals surface area contributed by atoms with E-state index in [2.05, 4.69) is 30.4 Å². The molecule has 1 amide bonds. The Morgan fingerprint density at radius 2 is 2.18 bits per heavy atom. The van der Waals surface area contributed by atoms with Gasteiger partial charge in [0.1, 0.15) is 17.4 Å². The number of ether oxygens (including phenoxy) is 1. The molecule has 0 saturated heterocycles. The first-order valence-electron chi connectivity index (χ1n) is 10.3. The maximum absolute atomic E-state index is 12.5. The van der Waals surface area contributed by atoms with Gasteiger partial charge in [-0.15, -0.1) is 0 Å². The van der Waals surface area contributed by atoms with Gasteiger partial charge >= 0.3 is 0 Å². The zero-order valence-electron chi connectivity index (χ0n) is 17.2. The van der Waals surface area contributed by atoms with Crippen LogP contribution in [0.25, 0.3) is 0 Å². The lowest BCUT2D eigenvalue weighted by Gasteiger charge is -2.49. The lowest BCUT2D eigenvalue weighted by atomic mass is 9.67. The number of benzene rings is 1. The summed E-state index contributed by atoms with van der Waals surface area (Å²) in [6, 6.07) is 6.67. The molecule has 1 unspecified atom stereocenters. The van der Waals surface area contributed by atoms with Crippen molar-refractivity contribution < 1.29 is 9.53 Å². The molecule has 2 aliphatic heterocycles. The van der Waals surface area contributed by atoms with Gasteiger partial charge in [0.2, 0.25) is 5.91 Å². The fourth-order valence-electron chi connectivity index (χ4n) is 4.69. The zero-order valence-corrected chi connectivity index (χ0v) is 18.1. The minimum absolute atomic E-state index is 0.110. The predicted molar refractivity (Wildman–Crippen MR) is 115 cm³/mol. The molecule has 1 aromatic rings. The molecule has 3 aliphatic rings. The van der Waals surface area contributed by atoms with Crippen LogP contribution in [0.5, 0.6) is 5.75 Å². The van der Waals surface area contributed by atoms with Gasteiger partial charge in [0.25, 0.3) is 0 Å². The van der Waals surface area contributed by atoms with E-state index >= 15 is 0 Å². The Bertz CT molecular complexity index is 816. The smallest absolute Gasteiger partial charge is 0.225 e. The number of amides is 1. The molecule has 1 fully saturated rings. The number of aliphatic imine (C=N–C) groups is 1. The first kappa shape index (κ1) is 19.6. The number of nitrogens with one attached hydrogen (secondary N) is 1. The molecule has 4 rings (SSSR count). The summed E-state index contributed by atoms with van der Waals surface area (Å²) < 4.78 is 6.45. The Labute approximate surface area is 171 Å². The van der Waals surface area contributed by atoms with Crippen molar-refractivity contribution in [2.75, 3.05) is 5.75 Å². The minimum Gasteiger partial charge on any atom is -0.490 e. The summed E-state index contributed by atoms with van der Waals surface area (Å²) in [5.41, 5.74) is 7.90. The molecule has 0 bridgehead atoms. The van der Waals surface area contributed by atoms with E-state index in [0.29, 0.717) is 5.17 Å². The molecule has 5 nitrogen and oxygen atoms in total. The van der Waals surface area contributed by atoms with Gasteiger partial charge in [-0.1, -0.05) is 45.5 Å². The van der Waals surface area contributed by atoms with Crippen LogP contribution in [0.2, 0.25) is 0 Å². The number of rotatable bonds is 2. The van der Waals surface area contributed by atoms with Crippen LogP contribution >= 0.6 is 11.8 Å². The van der Waals surface area contributed by atoms with Gasteiger partial charge in [0, 0.05) is 28.7 Å². The first-order chi connectivity index (χ1) is 13.2. The summed E-state index contributed by atoms with van der Waals surface area (Å²) in [5, 5.41) is 3.94. The number of carbonyl (C=O) groups excluding carboxylic acids is 1. The van der Waals surface area contributed by atoms with E-state index in [1.165, 1.54) is 11.1 Å². The highest BCUT2D eigenvalue weighted by atomic mass is 32.2. The van der Waals surface area contributed by atoms with Crippen molar-refractivity contribution >= 4 is 22.8 Å². The Hall–Kier alpha value is -1.69. The van der Waals surface area contributed by atoms with Crippen molar-refractivity contribution in [1.29, 1.82) is 0 Å². The van der Waals surface area contributed by atoms with Crippen molar-refractivity contribution in [3.8, 4) is 5.75 Å². The molecule has 0 aromatic heterocycles. The Morgan fingerprint density at radius 1 is 1.39 bits per heavy atom. The summed E-state index contributed by atoms with van der Waals surface area (Å²) >= 11 is 1.64. The molecule has 1 aromatic carbocycles. The summed E-state index contributed by atoms with van der Waals surface area (Å²) in [6.45, 7) is 8.04. The molecule has 152 valence electrons. The molecular weight excluding hydrogens is 370 g/mol. The van der Waals surface area contributed by atoms with Crippen LogP contribution in [0.15, 0.2) is 23.2 Å². The van der Waals surface area contributed by atoms with Crippen molar-refractivity contribution in [3.05, 3.63) is 29.3 Å². The molecular formula is C22H31N3O2S. The fraction of sp³-hybridized carbons (Fsp3) is 0.636. The lowest BCUT2D eigenvalue weighted by molar-refractivity contribution is -0.130. The number of fused-ring (bicyclic) bond motifs is 4. The quantitative estimate of drug-likeness (QED) is 0.794. The summed E-state index contributed by atoms with van der Waals surface area (Å²) in [7, 11) is 0. The summed E-state index contributed by atoms with van der Waals surface area (Å²) in [5.74, 6) is 2.14. The van der Waals surface area contributed by atoms with E-state index < -0.39 is 0 Å². The van der Waals surface area contributed by atoms with Crippen LogP contribution in [-0.2, 0) is 16.8 Å². The molecule has 1 saturated carbocycles. The fourth-order valence-corrected chi connectivity index (χ4v) is 5.72. The van der Waals surface area contributed by atoms with Gasteiger partial charge < -0.3 is 15.8 Å². The molecule has 0 radical (unpaired) electrons. The zero-order chi connectivity index (χ0) is 20.1. The number of nitrogens with two attached hydrogens (primary N) is 1. The second-order valence-corrected chi connectivity index (χ2v) is 10.3. The van der Waals surface area contributed by atoms with Crippen LogP contribution in [0.1, 0.15) is 58.1 Å². The summed E-state index contributed by atoms with van der Waals surface area (Å²) in [6.07, 6.45) is 3.84. The maximum atomic E-state index is 12.5. The van der Waals surface area contributed by atoms with Crippen molar-refractivity contribution in [1.82, 2.24) is 5.32 Å². The summed E-state index contributed by atoms with van der Waals surface area (Å²) in [4.78, 5) is 17.6. The van der Waals surface area contributed by atoms with Gasteiger partial charge in [0.15, 0.2) is 5.17 Å². The van der Waals surface area contributed by atoms with Crippen LogP contribution < -0.4 is 15.8 Å². The normalized spacial score (nSPS) is 31.6. The highest BCUT2D eigenvalue weighted by Crippen LogP contribution is 2.54. The monoisotopic (exact) mass is 401 g/mol. The topological polar surface area (TPSA) is 76.7 Å². The molecule has 28 heavy (non-hydrogen) atoms. The van der Waals surface area contributed by atoms with Gasteiger partial charge in [-0.05, 0) is 43.4 Å². The van der Waals surface area contributed by atoms with Crippen LogP contribution in [0, 0.1) is 11.3 Å². The number of nitrogens with zero attached hydrogens (tertiary/aromatic N) is 1. The second-order valence-electron chi connectivity index (χ2n) is 9.34. The molecule has 1 aliphatic carbocycles. The number of aryl methyl sites for hydroxylation is 1. The van der Waals surface area contributed by atoms with E-state index in [1.807, 2.05) is 20.8 Å². The Morgan fingerprint density at radius 3 is 2.82 bits per heavy atom. The highest BCUT2D eigenvalue weighted by molar-refractivity contribution is 8.14. The molecule has 4 atom stereocenters. The molecule has 2 heterocycles. The van der Waals surface area contributed by atoms with E-state index in [9.17, 15) is 4.79 Å². The third-order valence-corrected chi connectivity index (χ3v) is 7.33. The van der Waals surface area contributed by atoms with Crippen molar-refractivity contribution in [3.63, 3.8) is 0 Å². The van der Waals surface area contributed by atoms with Crippen LogP contribution in [0.3, 0.4) is 0 Å². The predicted octanol–water partition coefficient (Wildman–Crippen LogP) is 3.60. The van der Waals surface area contributed by atoms with Crippen molar-refractivity contribution in [2.24, 2.45) is 22.1 Å². The lowest BCUT2D eigenvalue weighted by Crippen LogP contribution is -2.55. The Kier molecular flexibility index (Phi) is 4.89. The minimum atomic E-state index is -0.383. The number of hydrogen-bond acceptors (Lipinski definition) is 5. The standard InChI is InChI=1S/C22H31N3O2S/c1-5-13-6-8-17-15(10-13)22(12-28-20(23)25-22)16-11-14(7-9-18(16)27-17)24-19(26)21(2,3)4/h6,8,10,14,16,18H,5,7,9,11-12H2,1-4H3,(H2,23,25)(H,24,26)/t14-,16+,18+,22?/m1/s1. The SMILES string of the molecule is CCc1ccc2c(c1)C1(CSC(N)=N1)[C@H]1C[C@H](NC(=O)C(C)(C)C)CC[C@@H]1O2.